The van der Waals surface area contributed by atoms with Crippen LogP contribution in [-0.2, 0) is 5.41 Å². The van der Waals surface area contributed by atoms with Gasteiger partial charge < -0.3 is 0 Å². The van der Waals surface area contributed by atoms with Crippen molar-refractivity contribution < 1.29 is 0 Å². The molecule has 0 unspecified atom stereocenters. The number of hydrogen-bond acceptors (Lipinski definition) is 4. The van der Waals surface area contributed by atoms with Gasteiger partial charge >= 0.3 is 0 Å². The summed E-state index contributed by atoms with van der Waals surface area (Å²) in [5, 5.41) is 2.51. The molecule has 4 aromatic carbocycles. The van der Waals surface area contributed by atoms with Crippen molar-refractivity contribution >= 4 is 50.7 Å². The molecule has 210 valence electrons. The summed E-state index contributed by atoms with van der Waals surface area (Å²) < 4.78 is 2.11. The highest BCUT2D eigenvalue weighted by Crippen LogP contribution is 2.69. The minimum Gasteiger partial charge on any atom is -0.278 e. The van der Waals surface area contributed by atoms with Crippen molar-refractivity contribution in [2.75, 3.05) is 4.90 Å². The average molecular weight is 580 g/mol. The molecular weight excluding hydrogens is 550 g/mol. The second-order valence-corrected chi connectivity index (χ2v) is 13.5. The molecule has 11 rings (SSSR count). The van der Waals surface area contributed by atoms with E-state index in [-0.39, 0.29) is 10.7 Å². The van der Waals surface area contributed by atoms with E-state index >= 15 is 0 Å². The summed E-state index contributed by atoms with van der Waals surface area (Å²) in [6.45, 7) is 0. The fourth-order valence-corrected chi connectivity index (χ4v) is 10.2. The summed E-state index contributed by atoms with van der Waals surface area (Å²) in [5.41, 5.74) is 7.32. The van der Waals surface area contributed by atoms with E-state index in [2.05, 4.69) is 107 Å². The Kier molecular flexibility index (Phi) is 4.89. The van der Waals surface area contributed by atoms with Gasteiger partial charge in [0, 0.05) is 16.2 Å². The van der Waals surface area contributed by atoms with E-state index in [9.17, 15) is 0 Å². The molecule has 0 N–H and O–H groups in total. The van der Waals surface area contributed by atoms with Gasteiger partial charge in [0.25, 0.3) is 0 Å². The highest BCUT2D eigenvalue weighted by Gasteiger charge is 2.61. The Morgan fingerprint density at radius 1 is 0.558 bits per heavy atom. The van der Waals surface area contributed by atoms with Crippen LogP contribution in [0.15, 0.2) is 97.1 Å². The minimum absolute atomic E-state index is 0.0313. The Labute approximate surface area is 255 Å². The molecule has 5 aliphatic rings. The van der Waals surface area contributed by atoms with Crippen molar-refractivity contribution in [2.24, 2.45) is 23.7 Å². The van der Waals surface area contributed by atoms with E-state index in [1.807, 2.05) is 0 Å². The van der Waals surface area contributed by atoms with Gasteiger partial charge in [-0.2, -0.15) is 15.0 Å². The molecule has 0 atom stereocenters. The largest absolute Gasteiger partial charge is 0.278 e. The van der Waals surface area contributed by atoms with Crippen LogP contribution in [-0.4, -0.2) is 19.5 Å². The summed E-state index contributed by atoms with van der Waals surface area (Å²) in [6.07, 6.45) is 6.79. The number of rotatable bonds is 2. The molecular formula is C37H30ClN5. The molecule has 3 heterocycles. The molecule has 0 radical (unpaired) electrons. The number of nitrogens with zero attached hydrogens (tertiary/aromatic N) is 5. The van der Waals surface area contributed by atoms with E-state index < -0.39 is 0 Å². The number of benzene rings is 4. The average Bonchev–Trinajstić information content (AvgIpc) is 3.37. The third kappa shape index (κ3) is 3.16. The molecule has 2 aromatic heterocycles. The molecule has 4 saturated carbocycles. The fraction of sp³-hybridized carbons (Fsp3) is 0.270. The Balaban J connectivity index is 1.22. The molecule has 5 nitrogen and oxygen atoms in total. The topological polar surface area (TPSA) is 46.8 Å². The Morgan fingerprint density at radius 3 is 1.63 bits per heavy atom. The predicted octanol–water partition coefficient (Wildman–Crippen LogP) is 9.15. The number of aromatic nitrogens is 4. The van der Waals surface area contributed by atoms with Gasteiger partial charge in [-0.05, 0) is 103 Å². The van der Waals surface area contributed by atoms with Crippen molar-refractivity contribution in [3.63, 3.8) is 0 Å². The molecule has 1 aliphatic heterocycles. The van der Waals surface area contributed by atoms with Crippen LogP contribution in [0.4, 0.5) is 17.3 Å². The first-order valence-electron chi connectivity index (χ1n) is 15.6. The summed E-state index contributed by atoms with van der Waals surface area (Å²) >= 11 is 6.78. The van der Waals surface area contributed by atoms with Crippen LogP contribution in [0.5, 0.6) is 0 Å². The molecule has 4 aliphatic carbocycles. The first-order valence-corrected chi connectivity index (χ1v) is 16.0. The van der Waals surface area contributed by atoms with Crippen molar-refractivity contribution in [1.82, 2.24) is 19.5 Å². The molecule has 43 heavy (non-hydrogen) atoms. The predicted molar refractivity (Wildman–Crippen MR) is 172 cm³/mol. The lowest BCUT2D eigenvalue weighted by Gasteiger charge is -2.64. The smallest absolute Gasteiger partial charge is 0.240 e. The molecule has 1 spiro atoms. The van der Waals surface area contributed by atoms with E-state index in [1.54, 1.807) is 0 Å². The van der Waals surface area contributed by atoms with Crippen LogP contribution in [0, 0.1) is 23.7 Å². The lowest BCUT2D eigenvalue weighted by Crippen LogP contribution is -2.57. The number of para-hydroxylation sites is 4. The first kappa shape index (κ1) is 24.2. The first-order chi connectivity index (χ1) is 21.2. The maximum Gasteiger partial charge on any atom is 0.240 e. The maximum atomic E-state index is 6.78. The minimum atomic E-state index is 0.0313. The second-order valence-electron chi connectivity index (χ2n) is 13.1. The van der Waals surface area contributed by atoms with E-state index in [0.29, 0.717) is 23.7 Å². The Morgan fingerprint density at radius 2 is 1.05 bits per heavy atom. The summed E-state index contributed by atoms with van der Waals surface area (Å²) in [7, 11) is 0. The highest BCUT2D eigenvalue weighted by atomic mass is 35.5. The number of halogens is 1. The zero-order chi connectivity index (χ0) is 28.3. The zero-order valence-electron chi connectivity index (χ0n) is 23.7. The molecule has 0 saturated heterocycles. The summed E-state index contributed by atoms with van der Waals surface area (Å²) in [4.78, 5) is 17.0. The van der Waals surface area contributed by atoms with Gasteiger partial charge in [-0.3, -0.25) is 9.47 Å². The number of hydrogen-bond donors (Lipinski definition) is 0. The van der Waals surface area contributed by atoms with Crippen molar-refractivity contribution in [2.45, 2.75) is 37.5 Å². The zero-order valence-corrected chi connectivity index (χ0v) is 24.5. The number of anilines is 3. The maximum absolute atomic E-state index is 6.78. The quantitative estimate of drug-likeness (QED) is 0.205. The lowest BCUT2D eigenvalue weighted by molar-refractivity contribution is -0.0419. The number of fused-ring (bicyclic) bond motifs is 5. The standard InChI is InChI=1S/C37H30ClN5/c38-34-39-35(42-30-13-5-1-9-26(30)27-10-2-6-14-31(27)42)41-36(40-34)43-32-15-7-3-11-28(32)37(29-12-4-8-16-33(29)43)24-18-22-17-23(20-24)21-25(37)19-22/h1-16,22-25H,17-21H2. The molecule has 4 fully saturated rings. The van der Waals surface area contributed by atoms with Crippen molar-refractivity contribution in [3.8, 4) is 5.95 Å². The summed E-state index contributed by atoms with van der Waals surface area (Å²) in [6, 6.07) is 34.9. The van der Waals surface area contributed by atoms with Crippen LogP contribution >= 0.6 is 11.6 Å². The summed E-state index contributed by atoms with van der Waals surface area (Å²) in [5.74, 6) is 4.20. The molecule has 4 bridgehead atoms. The normalized spacial score (nSPS) is 24.5. The van der Waals surface area contributed by atoms with Gasteiger partial charge in [-0.25, -0.2) is 0 Å². The van der Waals surface area contributed by atoms with Gasteiger partial charge in [-0.1, -0.05) is 72.8 Å². The van der Waals surface area contributed by atoms with Crippen molar-refractivity contribution in [1.29, 1.82) is 0 Å². The SMILES string of the molecule is Clc1nc(N2c3ccccc3C3(c4ccccc42)C2CC4CC(C2)CC3C4)nc(-n2c3ccccc3c3ccccc32)n1. The van der Waals surface area contributed by atoms with Crippen LogP contribution < -0.4 is 4.90 Å². The molecule has 0 amide bonds. The monoisotopic (exact) mass is 579 g/mol. The van der Waals surface area contributed by atoms with E-state index in [4.69, 9.17) is 26.6 Å². The van der Waals surface area contributed by atoms with Crippen LogP contribution in [0.25, 0.3) is 27.8 Å². The van der Waals surface area contributed by atoms with Gasteiger partial charge in [-0.15, -0.1) is 0 Å². The van der Waals surface area contributed by atoms with Crippen LogP contribution in [0.1, 0.15) is 43.2 Å². The molecule has 6 aromatic rings. The van der Waals surface area contributed by atoms with E-state index in [0.717, 1.165) is 33.6 Å². The van der Waals surface area contributed by atoms with Gasteiger partial charge in [0.05, 0.1) is 22.4 Å². The van der Waals surface area contributed by atoms with Gasteiger partial charge in [0.15, 0.2) is 0 Å². The fourth-order valence-electron chi connectivity index (χ4n) is 10.0. The molecule has 6 heteroatoms. The lowest BCUT2D eigenvalue weighted by atomic mass is 9.41. The Hall–Kier alpha value is -4.22. The van der Waals surface area contributed by atoms with Crippen molar-refractivity contribution in [3.05, 3.63) is 113 Å². The third-order valence-electron chi connectivity index (χ3n) is 11.2. The van der Waals surface area contributed by atoms with E-state index in [1.165, 1.54) is 54.6 Å². The van der Waals surface area contributed by atoms with Crippen LogP contribution in [0.3, 0.4) is 0 Å². The Bertz CT molecular complexity index is 1970. The second kappa shape index (κ2) is 8.67. The van der Waals surface area contributed by atoms with Gasteiger partial charge in [0.1, 0.15) is 0 Å². The van der Waals surface area contributed by atoms with Gasteiger partial charge in [0.2, 0.25) is 17.2 Å². The van der Waals surface area contributed by atoms with Crippen LogP contribution in [0.2, 0.25) is 5.28 Å². The highest BCUT2D eigenvalue weighted by molar-refractivity contribution is 6.28. The third-order valence-corrected chi connectivity index (χ3v) is 11.3.